The Bertz CT molecular complexity index is 439. The summed E-state index contributed by atoms with van der Waals surface area (Å²) in [5.41, 5.74) is 0.220. The van der Waals surface area contributed by atoms with Gasteiger partial charge in [-0.2, -0.15) is 0 Å². The van der Waals surface area contributed by atoms with E-state index in [1.54, 1.807) is 6.07 Å². The lowest BCUT2D eigenvalue weighted by molar-refractivity contribution is 0.0696. The van der Waals surface area contributed by atoms with Crippen molar-refractivity contribution in [1.82, 2.24) is 10.2 Å². The molecule has 1 unspecified atom stereocenters. The lowest BCUT2D eigenvalue weighted by Crippen LogP contribution is -2.32. The monoisotopic (exact) mass is 250 g/mol. The number of rotatable bonds is 5. The van der Waals surface area contributed by atoms with E-state index in [1.165, 1.54) is 32.1 Å². The van der Waals surface area contributed by atoms with Crippen molar-refractivity contribution in [3.05, 3.63) is 23.7 Å². The summed E-state index contributed by atoms with van der Waals surface area (Å²) < 4.78 is 5.22. The molecule has 0 amide bonds. The third kappa shape index (κ3) is 2.57. The molecule has 2 N–H and O–H groups in total. The maximum atomic E-state index is 10.7. The Balaban J connectivity index is 1.47. The Morgan fingerprint density at radius 2 is 2.33 bits per heavy atom. The Hall–Kier alpha value is -1.33. The predicted octanol–water partition coefficient (Wildman–Crippen LogP) is 1.30. The van der Waals surface area contributed by atoms with Gasteiger partial charge in [-0.25, -0.2) is 4.79 Å². The first-order valence-corrected chi connectivity index (χ1v) is 6.50. The smallest absolute Gasteiger partial charge is 0.338 e. The van der Waals surface area contributed by atoms with Crippen molar-refractivity contribution in [3.8, 4) is 0 Å². The number of carboxylic acids is 1. The Morgan fingerprint density at radius 3 is 3.00 bits per heavy atom. The van der Waals surface area contributed by atoms with E-state index in [2.05, 4.69) is 10.2 Å². The van der Waals surface area contributed by atoms with Gasteiger partial charge in [-0.3, -0.25) is 4.90 Å². The van der Waals surface area contributed by atoms with Crippen LogP contribution in [0.3, 0.4) is 0 Å². The average Bonchev–Trinajstić information content (AvgIpc) is 2.92. The number of carbonyl (C=O) groups is 1. The largest absolute Gasteiger partial charge is 0.478 e. The molecule has 0 bridgehead atoms. The maximum Gasteiger partial charge on any atom is 0.338 e. The zero-order chi connectivity index (χ0) is 12.5. The molecule has 98 valence electrons. The van der Waals surface area contributed by atoms with Crippen LogP contribution < -0.4 is 5.32 Å². The fraction of sp³-hybridized carbons (Fsp3) is 0.615. The van der Waals surface area contributed by atoms with E-state index in [1.807, 2.05) is 0 Å². The first-order chi connectivity index (χ1) is 8.72. The van der Waals surface area contributed by atoms with Gasteiger partial charge < -0.3 is 14.8 Å². The normalized spacial score (nSPS) is 24.6. The van der Waals surface area contributed by atoms with Crippen molar-refractivity contribution < 1.29 is 14.3 Å². The zero-order valence-corrected chi connectivity index (χ0v) is 10.3. The topological polar surface area (TPSA) is 65.7 Å². The Morgan fingerprint density at radius 1 is 1.50 bits per heavy atom. The van der Waals surface area contributed by atoms with E-state index < -0.39 is 5.97 Å². The third-order valence-corrected chi connectivity index (χ3v) is 3.75. The quantitative estimate of drug-likeness (QED) is 0.824. The molecule has 0 radical (unpaired) electrons. The lowest BCUT2D eigenvalue weighted by Gasteiger charge is -2.15. The molecule has 1 aromatic heterocycles. The molecule has 2 heterocycles. The number of hydrogen-bond acceptors (Lipinski definition) is 4. The second-order valence-corrected chi connectivity index (χ2v) is 5.20. The minimum atomic E-state index is -0.939. The molecule has 0 aromatic carbocycles. The summed E-state index contributed by atoms with van der Waals surface area (Å²) in [7, 11) is 0. The van der Waals surface area contributed by atoms with Crippen LogP contribution in [0.5, 0.6) is 0 Å². The van der Waals surface area contributed by atoms with Crippen molar-refractivity contribution in [2.75, 3.05) is 13.1 Å². The van der Waals surface area contributed by atoms with Gasteiger partial charge in [-0.05, 0) is 25.3 Å². The predicted molar refractivity (Wildman–Crippen MR) is 65.5 cm³/mol. The van der Waals surface area contributed by atoms with E-state index in [9.17, 15) is 4.79 Å². The van der Waals surface area contributed by atoms with Crippen molar-refractivity contribution >= 4 is 5.97 Å². The third-order valence-electron chi connectivity index (χ3n) is 3.75. The van der Waals surface area contributed by atoms with E-state index in [-0.39, 0.29) is 5.56 Å². The van der Waals surface area contributed by atoms with Crippen LogP contribution in [0.25, 0.3) is 0 Å². The van der Waals surface area contributed by atoms with Gasteiger partial charge in [0, 0.05) is 25.2 Å². The van der Waals surface area contributed by atoms with Gasteiger partial charge in [-0.15, -0.1) is 0 Å². The molecule has 3 rings (SSSR count). The minimum Gasteiger partial charge on any atom is -0.478 e. The minimum absolute atomic E-state index is 0.220. The Labute approximate surface area is 106 Å². The number of aromatic carboxylic acids is 1. The molecule has 1 saturated heterocycles. The van der Waals surface area contributed by atoms with E-state index in [0.29, 0.717) is 18.3 Å². The number of hydrogen-bond donors (Lipinski definition) is 2. The van der Waals surface area contributed by atoms with Crippen LogP contribution in [-0.2, 0) is 6.54 Å². The second-order valence-electron chi connectivity index (χ2n) is 5.20. The van der Waals surface area contributed by atoms with Crippen LogP contribution in [-0.4, -0.2) is 41.1 Å². The van der Waals surface area contributed by atoms with Gasteiger partial charge >= 0.3 is 5.97 Å². The number of nitrogens with zero attached hydrogens (tertiary/aromatic N) is 1. The van der Waals surface area contributed by atoms with Crippen LogP contribution in [0.2, 0.25) is 0 Å². The van der Waals surface area contributed by atoms with Gasteiger partial charge in [0.2, 0.25) is 0 Å². The highest BCUT2D eigenvalue weighted by Gasteiger charge is 2.34. The molecule has 5 heteroatoms. The molecule has 2 fully saturated rings. The van der Waals surface area contributed by atoms with Crippen LogP contribution in [0, 0.1) is 0 Å². The van der Waals surface area contributed by atoms with Gasteiger partial charge in [-0.1, -0.05) is 0 Å². The SMILES string of the molecule is O=C(O)c1coc(CNC2CCN(C3CC3)C2)c1. The maximum absolute atomic E-state index is 10.7. The highest BCUT2D eigenvalue weighted by Crippen LogP contribution is 2.29. The molecule has 1 atom stereocenters. The van der Waals surface area contributed by atoms with Crippen LogP contribution in [0.15, 0.2) is 16.7 Å². The summed E-state index contributed by atoms with van der Waals surface area (Å²) in [6.07, 6.45) is 5.17. The first-order valence-electron chi connectivity index (χ1n) is 6.50. The molecule has 1 saturated carbocycles. The molecular formula is C13H18N2O3. The lowest BCUT2D eigenvalue weighted by atomic mass is 10.2. The standard InChI is InChI=1S/C13H18N2O3/c16-13(17)9-5-12(18-8-9)6-14-10-3-4-15(7-10)11-1-2-11/h5,8,10-11,14H,1-4,6-7H2,(H,16,17). The van der Waals surface area contributed by atoms with E-state index in [0.717, 1.165) is 12.6 Å². The van der Waals surface area contributed by atoms with Crippen LogP contribution in [0.4, 0.5) is 0 Å². The average molecular weight is 250 g/mol. The molecule has 1 aromatic rings. The van der Waals surface area contributed by atoms with Gasteiger partial charge in [0.25, 0.3) is 0 Å². The summed E-state index contributed by atoms with van der Waals surface area (Å²) in [5, 5.41) is 12.2. The van der Waals surface area contributed by atoms with Crippen molar-refractivity contribution in [3.63, 3.8) is 0 Å². The van der Waals surface area contributed by atoms with Gasteiger partial charge in [0.15, 0.2) is 0 Å². The second kappa shape index (κ2) is 4.74. The number of furan rings is 1. The fourth-order valence-electron chi connectivity index (χ4n) is 2.56. The number of carboxylic acid groups (broad SMARTS) is 1. The van der Waals surface area contributed by atoms with Crippen LogP contribution in [0.1, 0.15) is 35.4 Å². The fourth-order valence-corrected chi connectivity index (χ4v) is 2.56. The molecule has 5 nitrogen and oxygen atoms in total. The van der Waals surface area contributed by atoms with Crippen LogP contribution >= 0.6 is 0 Å². The highest BCUT2D eigenvalue weighted by molar-refractivity contribution is 5.87. The molecule has 0 spiro atoms. The van der Waals surface area contributed by atoms with E-state index >= 15 is 0 Å². The summed E-state index contributed by atoms with van der Waals surface area (Å²) >= 11 is 0. The number of likely N-dealkylation sites (tertiary alicyclic amines) is 1. The van der Waals surface area contributed by atoms with E-state index in [4.69, 9.17) is 9.52 Å². The van der Waals surface area contributed by atoms with Crippen molar-refractivity contribution in [2.24, 2.45) is 0 Å². The summed E-state index contributed by atoms with van der Waals surface area (Å²) in [4.78, 5) is 13.3. The van der Waals surface area contributed by atoms with Gasteiger partial charge in [0.1, 0.15) is 12.0 Å². The molecule has 2 aliphatic rings. The molecule has 1 aliphatic carbocycles. The zero-order valence-electron chi connectivity index (χ0n) is 10.3. The van der Waals surface area contributed by atoms with Gasteiger partial charge in [0.05, 0.1) is 12.1 Å². The summed E-state index contributed by atoms with van der Waals surface area (Å²) in [5.74, 6) is -0.247. The highest BCUT2D eigenvalue weighted by atomic mass is 16.4. The number of nitrogens with one attached hydrogen (secondary N) is 1. The first kappa shape index (κ1) is 11.7. The van der Waals surface area contributed by atoms with Crippen molar-refractivity contribution in [1.29, 1.82) is 0 Å². The molecular weight excluding hydrogens is 232 g/mol. The van der Waals surface area contributed by atoms with Crippen molar-refractivity contribution in [2.45, 2.75) is 37.9 Å². The summed E-state index contributed by atoms with van der Waals surface area (Å²) in [6, 6.07) is 2.92. The molecule has 18 heavy (non-hydrogen) atoms. The summed E-state index contributed by atoms with van der Waals surface area (Å²) in [6.45, 7) is 2.90. The Kier molecular flexibility index (Phi) is 3.09. The molecule has 1 aliphatic heterocycles.